The van der Waals surface area contributed by atoms with E-state index in [4.69, 9.17) is 4.74 Å². The number of rotatable bonds is 4. The van der Waals surface area contributed by atoms with Crippen molar-refractivity contribution in [2.24, 2.45) is 5.41 Å². The Bertz CT molecular complexity index is 258. The molecule has 0 aromatic carbocycles. The van der Waals surface area contributed by atoms with Crippen LogP contribution in [0.5, 0.6) is 0 Å². The molecule has 86 valence electrons. The Kier molecular flexibility index (Phi) is 3.88. The quantitative estimate of drug-likeness (QED) is 0.311. The summed E-state index contributed by atoms with van der Waals surface area (Å²) in [6, 6.07) is 0. The second-order valence-corrected chi connectivity index (χ2v) is 4.50. The highest BCUT2D eigenvalue weighted by Crippen LogP contribution is 2.27. The summed E-state index contributed by atoms with van der Waals surface area (Å²) >= 11 is 0. The first-order chi connectivity index (χ1) is 6.95. The van der Waals surface area contributed by atoms with E-state index in [1.54, 1.807) is 0 Å². The van der Waals surface area contributed by atoms with Crippen LogP contribution < -0.4 is 0 Å². The van der Waals surface area contributed by atoms with Crippen molar-refractivity contribution in [3.05, 3.63) is 11.6 Å². The van der Waals surface area contributed by atoms with Crippen LogP contribution >= 0.6 is 0 Å². The highest BCUT2D eigenvalue weighted by molar-refractivity contribution is 5.89. The van der Waals surface area contributed by atoms with Gasteiger partial charge >= 0.3 is 5.97 Å². The van der Waals surface area contributed by atoms with Crippen LogP contribution in [0.25, 0.3) is 0 Å². The first-order valence-electron chi connectivity index (χ1n) is 5.15. The second-order valence-electron chi connectivity index (χ2n) is 4.50. The van der Waals surface area contributed by atoms with E-state index in [1.165, 1.54) is 0 Å². The Morgan fingerprint density at radius 3 is 2.40 bits per heavy atom. The summed E-state index contributed by atoms with van der Waals surface area (Å²) in [5, 5.41) is 0. The van der Waals surface area contributed by atoms with Crippen LogP contribution in [0.1, 0.15) is 34.1 Å². The zero-order valence-electron chi connectivity index (χ0n) is 9.70. The molecular weight excluding hydrogens is 196 g/mol. The van der Waals surface area contributed by atoms with Gasteiger partial charge in [-0.3, -0.25) is 0 Å². The maximum Gasteiger partial charge on any atom is 0.334 e. The van der Waals surface area contributed by atoms with E-state index in [2.05, 4.69) is 9.78 Å². The van der Waals surface area contributed by atoms with Crippen molar-refractivity contribution in [3.63, 3.8) is 0 Å². The molecular formula is C11H18O4. The van der Waals surface area contributed by atoms with Crippen LogP contribution in [-0.2, 0) is 19.3 Å². The Hall–Kier alpha value is -0.870. The molecule has 0 aliphatic carbocycles. The molecule has 1 rings (SSSR count). The number of hydrogen-bond acceptors (Lipinski definition) is 4. The van der Waals surface area contributed by atoms with Crippen molar-refractivity contribution in [1.29, 1.82) is 0 Å². The molecule has 0 amide bonds. The smallest absolute Gasteiger partial charge is 0.334 e. The largest absolute Gasteiger partial charge is 0.457 e. The third-order valence-electron chi connectivity index (χ3n) is 2.02. The van der Waals surface area contributed by atoms with Gasteiger partial charge in [0.1, 0.15) is 6.61 Å². The Balaban J connectivity index is 2.54. The van der Waals surface area contributed by atoms with Crippen molar-refractivity contribution in [2.45, 2.75) is 40.4 Å². The van der Waals surface area contributed by atoms with Crippen molar-refractivity contribution < 1.29 is 19.3 Å². The molecule has 1 aliphatic rings. The summed E-state index contributed by atoms with van der Waals surface area (Å²) < 4.78 is 5.05. The number of carbonyl (C=O) groups excluding carboxylic acids is 1. The summed E-state index contributed by atoms with van der Waals surface area (Å²) in [6.45, 7) is 8.11. The normalized spacial score (nSPS) is 17.7. The van der Waals surface area contributed by atoms with Gasteiger partial charge in [0.15, 0.2) is 0 Å². The summed E-state index contributed by atoms with van der Waals surface area (Å²) in [4.78, 5) is 20.7. The van der Waals surface area contributed by atoms with Gasteiger partial charge in [-0.25, -0.2) is 4.79 Å². The maximum absolute atomic E-state index is 11.7. The third kappa shape index (κ3) is 4.01. The van der Waals surface area contributed by atoms with Crippen LogP contribution in [-0.4, -0.2) is 18.9 Å². The molecule has 0 aromatic heterocycles. The summed E-state index contributed by atoms with van der Waals surface area (Å²) in [5.74, 6) is -0.288. The van der Waals surface area contributed by atoms with Gasteiger partial charge in [0.05, 0.1) is 0 Å². The SMILES string of the molecule is CC/C=C(\C(=O)OCC1OO1)C(C)(C)C. The standard InChI is InChI=1S/C11H18O4/c1-5-6-8(11(2,3)4)10(12)13-7-9-14-15-9/h6,9H,5,7H2,1-4H3/b8-6+. The summed E-state index contributed by atoms with van der Waals surface area (Å²) in [6.07, 6.45) is 2.35. The van der Waals surface area contributed by atoms with Crippen molar-refractivity contribution in [1.82, 2.24) is 0 Å². The predicted molar refractivity (Wildman–Crippen MR) is 54.7 cm³/mol. The third-order valence-corrected chi connectivity index (χ3v) is 2.02. The average Bonchev–Trinajstić information content (AvgIpc) is 2.91. The fourth-order valence-corrected chi connectivity index (χ4v) is 1.22. The van der Waals surface area contributed by atoms with Gasteiger partial charge in [0, 0.05) is 5.57 Å². The first-order valence-corrected chi connectivity index (χ1v) is 5.15. The molecule has 0 spiro atoms. The topological polar surface area (TPSA) is 51.4 Å². The lowest BCUT2D eigenvalue weighted by molar-refractivity contribution is -0.140. The molecule has 1 saturated heterocycles. The van der Waals surface area contributed by atoms with Gasteiger partial charge in [0.2, 0.25) is 0 Å². The molecule has 0 bridgehead atoms. The van der Waals surface area contributed by atoms with Crippen LogP contribution in [0.4, 0.5) is 0 Å². The highest BCUT2D eigenvalue weighted by Gasteiger charge is 2.30. The van der Waals surface area contributed by atoms with E-state index < -0.39 is 0 Å². The van der Waals surface area contributed by atoms with Crippen LogP contribution in [0.15, 0.2) is 11.6 Å². The molecule has 0 saturated carbocycles. The Labute approximate surface area is 90.1 Å². The highest BCUT2D eigenvalue weighted by atomic mass is 17.4. The van der Waals surface area contributed by atoms with E-state index in [9.17, 15) is 4.79 Å². The molecule has 4 heteroatoms. The minimum absolute atomic E-state index is 0.163. The zero-order valence-corrected chi connectivity index (χ0v) is 9.70. The monoisotopic (exact) mass is 214 g/mol. The molecule has 1 fully saturated rings. The van der Waals surface area contributed by atoms with Gasteiger partial charge < -0.3 is 4.74 Å². The van der Waals surface area contributed by atoms with E-state index in [0.29, 0.717) is 5.57 Å². The van der Waals surface area contributed by atoms with Crippen LogP contribution in [0, 0.1) is 5.41 Å². The molecule has 15 heavy (non-hydrogen) atoms. The number of hydrogen-bond donors (Lipinski definition) is 0. The fraction of sp³-hybridized carbons (Fsp3) is 0.727. The van der Waals surface area contributed by atoms with Crippen molar-refractivity contribution in [2.75, 3.05) is 6.61 Å². The van der Waals surface area contributed by atoms with E-state index in [-0.39, 0.29) is 24.3 Å². The van der Waals surface area contributed by atoms with Crippen LogP contribution in [0.2, 0.25) is 0 Å². The minimum Gasteiger partial charge on any atom is -0.457 e. The number of ether oxygens (including phenoxy) is 1. The molecule has 1 heterocycles. The first kappa shape index (κ1) is 12.2. The van der Waals surface area contributed by atoms with Gasteiger partial charge in [-0.1, -0.05) is 33.8 Å². The Morgan fingerprint density at radius 2 is 2.00 bits per heavy atom. The molecule has 0 unspecified atom stereocenters. The predicted octanol–water partition coefficient (Wildman–Crippen LogP) is 2.20. The molecule has 0 N–H and O–H groups in total. The Morgan fingerprint density at radius 1 is 1.40 bits per heavy atom. The maximum atomic E-state index is 11.7. The molecule has 0 aromatic rings. The zero-order chi connectivity index (χ0) is 11.5. The van der Waals surface area contributed by atoms with Crippen molar-refractivity contribution in [3.8, 4) is 0 Å². The lowest BCUT2D eigenvalue weighted by atomic mass is 9.86. The lowest BCUT2D eigenvalue weighted by Gasteiger charge is -2.21. The molecule has 1 aliphatic heterocycles. The molecule has 4 nitrogen and oxygen atoms in total. The van der Waals surface area contributed by atoms with Crippen LogP contribution in [0.3, 0.4) is 0 Å². The molecule has 0 radical (unpaired) electrons. The number of carbonyl (C=O) groups is 1. The van der Waals surface area contributed by atoms with E-state index in [1.807, 2.05) is 33.8 Å². The van der Waals surface area contributed by atoms with Crippen molar-refractivity contribution >= 4 is 5.97 Å². The molecule has 0 atom stereocenters. The van der Waals surface area contributed by atoms with Gasteiger partial charge in [-0.2, -0.15) is 9.78 Å². The fourth-order valence-electron chi connectivity index (χ4n) is 1.22. The summed E-state index contributed by atoms with van der Waals surface area (Å²) in [7, 11) is 0. The van der Waals surface area contributed by atoms with Gasteiger partial charge in [-0.15, -0.1) is 0 Å². The van der Waals surface area contributed by atoms with Gasteiger partial charge in [0.25, 0.3) is 6.29 Å². The minimum atomic E-state index is -0.364. The summed E-state index contributed by atoms with van der Waals surface area (Å²) in [5.41, 5.74) is 0.504. The lowest BCUT2D eigenvalue weighted by Crippen LogP contribution is -2.21. The van der Waals surface area contributed by atoms with E-state index >= 15 is 0 Å². The number of allylic oxidation sites excluding steroid dienone is 1. The van der Waals surface area contributed by atoms with E-state index in [0.717, 1.165) is 6.42 Å². The average molecular weight is 214 g/mol. The number of esters is 1. The second kappa shape index (κ2) is 4.77. The van der Waals surface area contributed by atoms with Gasteiger partial charge in [-0.05, 0) is 11.8 Å².